The molecule has 0 saturated heterocycles. The van der Waals surface area contributed by atoms with Gasteiger partial charge in [0.1, 0.15) is 5.75 Å². The van der Waals surface area contributed by atoms with Gasteiger partial charge in [-0.15, -0.1) is 0 Å². The molecule has 110 valence electrons. The first kappa shape index (κ1) is 14.4. The van der Waals surface area contributed by atoms with E-state index in [2.05, 4.69) is 19.1 Å². The normalized spacial score (nSPS) is 18.8. The van der Waals surface area contributed by atoms with E-state index >= 15 is 0 Å². The highest BCUT2D eigenvalue weighted by atomic mass is 35.5. The molecular formula is C18H20ClNO. The molecular weight excluding hydrogens is 282 g/mol. The molecule has 1 aliphatic heterocycles. The average molecular weight is 302 g/mol. The molecule has 0 radical (unpaired) electrons. The number of rotatable bonds is 2. The summed E-state index contributed by atoms with van der Waals surface area (Å²) in [5.74, 6) is 1.25. The van der Waals surface area contributed by atoms with Crippen molar-refractivity contribution in [2.24, 2.45) is 5.73 Å². The van der Waals surface area contributed by atoms with E-state index in [1.807, 2.05) is 31.2 Å². The molecule has 1 heterocycles. The Labute approximate surface area is 130 Å². The number of halogens is 1. The second-order valence-corrected chi connectivity index (χ2v) is 6.17. The van der Waals surface area contributed by atoms with Crippen molar-refractivity contribution in [3.05, 3.63) is 63.7 Å². The topological polar surface area (TPSA) is 35.2 Å². The molecule has 0 amide bonds. The van der Waals surface area contributed by atoms with Gasteiger partial charge in [0, 0.05) is 17.0 Å². The summed E-state index contributed by atoms with van der Waals surface area (Å²) in [5, 5.41) is 0.802. The highest BCUT2D eigenvalue weighted by Gasteiger charge is 2.28. The molecule has 3 heteroatoms. The van der Waals surface area contributed by atoms with Crippen molar-refractivity contribution in [2.45, 2.75) is 32.2 Å². The maximum absolute atomic E-state index is 6.61. The highest BCUT2D eigenvalue weighted by molar-refractivity contribution is 6.31. The summed E-state index contributed by atoms with van der Waals surface area (Å²) >= 11 is 6.20. The number of ether oxygens (including phenoxy) is 1. The smallest absolute Gasteiger partial charge is 0.122 e. The molecule has 0 aliphatic carbocycles. The van der Waals surface area contributed by atoms with Gasteiger partial charge in [-0.2, -0.15) is 0 Å². The minimum atomic E-state index is -0.0361. The molecule has 1 aliphatic rings. The van der Waals surface area contributed by atoms with Crippen LogP contribution in [0.2, 0.25) is 5.02 Å². The van der Waals surface area contributed by atoms with Gasteiger partial charge in [0.25, 0.3) is 0 Å². The quantitative estimate of drug-likeness (QED) is 0.885. The van der Waals surface area contributed by atoms with Crippen LogP contribution in [0.25, 0.3) is 0 Å². The molecule has 0 aromatic heterocycles. The zero-order chi connectivity index (χ0) is 15.0. The molecule has 2 aromatic carbocycles. The van der Waals surface area contributed by atoms with Gasteiger partial charge in [-0.1, -0.05) is 35.9 Å². The predicted molar refractivity (Wildman–Crippen MR) is 87.1 cm³/mol. The molecule has 2 atom stereocenters. The molecule has 0 spiro atoms. The highest BCUT2D eigenvalue weighted by Crippen LogP contribution is 2.41. The van der Waals surface area contributed by atoms with Gasteiger partial charge in [0.15, 0.2) is 0 Å². The van der Waals surface area contributed by atoms with Crippen molar-refractivity contribution in [2.75, 3.05) is 6.61 Å². The van der Waals surface area contributed by atoms with E-state index in [-0.39, 0.29) is 12.0 Å². The van der Waals surface area contributed by atoms with Gasteiger partial charge in [0.2, 0.25) is 0 Å². The van der Waals surface area contributed by atoms with Crippen LogP contribution in [0, 0.1) is 13.8 Å². The molecule has 2 nitrogen and oxygen atoms in total. The van der Waals surface area contributed by atoms with Crippen molar-refractivity contribution in [3.8, 4) is 5.75 Å². The number of nitrogens with two attached hydrogens (primary N) is 1. The fourth-order valence-electron chi connectivity index (χ4n) is 3.12. The first-order chi connectivity index (χ1) is 10.1. The molecule has 2 unspecified atom stereocenters. The number of para-hydroxylation sites is 1. The first-order valence-corrected chi connectivity index (χ1v) is 7.69. The summed E-state index contributed by atoms with van der Waals surface area (Å²) in [7, 11) is 0. The second kappa shape index (κ2) is 5.70. The van der Waals surface area contributed by atoms with Crippen LogP contribution < -0.4 is 10.5 Å². The Balaban J connectivity index is 2.00. The maximum atomic E-state index is 6.61. The zero-order valence-corrected chi connectivity index (χ0v) is 13.2. The summed E-state index contributed by atoms with van der Waals surface area (Å²) in [6.45, 7) is 4.82. The zero-order valence-electron chi connectivity index (χ0n) is 12.4. The minimum absolute atomic E-state index is 0.0361. The Kier molecular flexibility index (Phi) is 3.92. The van der Waals surface area contributed by atoms with Crippen LogP contribution in [0.15, 0.2) is 36.4 Å². The summed E-state index contributed by atoms with van der Waals surface area (Å²) in [6.07, 6.45) is 0.944. The summed E-state index contributed by atoms with van der Waals surface area (Å²) < 4.78 is 5.74. The van der Waals surface area contributed by atoms with Crippen LogP contribution in [-0.4, -0.2) is 6.61 Å². The fourth-order valence-corrected chi connectivity index (χ4v) is 3.34. The number of aryl methyl sites for hydroxylation is 2. The number of fused-ring (bicyclic) bond motifs is 1. The Hall–Kier alpha value is -1.51. The van der Waals surface area contributed by atoms with Crippen LogP contribution >= 0.6 is 11.6 Å². The van der Waals surface area contributed by atoms with E-state index in [1.165, 1.54) is 11.1 Å². The molecule has 21 heavy (non-hydrogen) atoms. The number of hydrogen-bond donors (Lipinski definition) is 1. The molecule has 0 fully saturated rings. The van der Waals surface area contributed by atoms with E-state index in [0.29, 0.717) is 0 Å². The second-order valence-electron chi connectivity index (χ2n) is 5.77. The minimum Gasteiger partial charge on any atom is -0.493 e. The summed E-state index contributed by atoms with van der Waals surface area (Å²) in [4.78, 5) is 0. The Morgan fingerprint density at radius 3 is 2.76 bits per heavy atom. The number of hydrogen-bond acceptors (Lipinski definition) is 2. The van der Waals surface area contributed by atoms with Crippen LogP contribution in [0.4, 0.5) is 0 Å². The SMILES string of the molecule is Cc1cc(C(N)C2CCOc3ccccc32)c(C)cc1Cl. The summed E-state index contributed by atoms with van der Waals surface area (Å²) in [6, 6.07) is 12.3. The number of benzene rings is 2. The van der Waals surface area contributed by atoms with E-state index in [9.17, 15) is 0 Å². The maximum Gasteiger partial charge on any atom is 0.122 e. The van der Waals surface area contributed by atoms with E-state index in [0.717, 1.165) is 34.9 Å². The lowest BCUT2D eigenvalue weighted by Gasteiger charge is -2.31. The van der Waals surface area contributed by atoms with E-state index in [1.54, 1.807) is 0 Å². The third-order valence-electron chi connectivity index (χ3n) is 4.34. The predicted octanol–water partition coefficient (Wildman–Crippen LogP) is 4.52. The molecule has 2 aromatic rings. The van der Waals surface area contributed by atoms with Gasteiger partial charge < -0.3 is 10.5 Å². The average Bonchev–Trinajstić information content (AvgIpc) is 2.49. The van der Waals surface area contributed by atoms with E-state index < -0.39 is 0 Å². The van der Waals surface area contributed by atoms with Gasteiger partial charge in [-0.25, -0.2) is 0 Å². The Morgan fingerprint density at radius 1 is 1.19 bits per heavy atom. The van der Waals surface area contributed by atoms with Crippen molar-refractivity contribution >= 4 is 11.6 Å². The monoisotopic (exact) mass is 301 g/mol. The van der Waals surface area contributed by atoms with Gasteiger partial charge in [-0.3, -0.25) is 0 Å². The fraction of sp³-hybridized carbons (Fsp3) is 0.333. The van der Waals surface area contributed by atoms with Crippen molar-refractivity contribution in [1.82, 2.24) is 0 Å². The van der Waals surface area contributed by atoms with Crippen LogP contribution in [0.3, 0.4) is 0 Å². The van der Waals surface area contributed by atoms with Gasteiger partial charge in [-0.05, 0) is 54.7 Å². The molecule has 3 rings (SSSR count). The molecule has 0 saturated carbocycles. The Morgan fingerprint density at radius 2 is 1.95 bits per heavy atom. The third kappa shape index (κ3) is 2.66. The van der Waals surface area contributed by atoms with Crippen LogP contribution in [-0.2, 0) is 0 Å². The lowest BCUT2D eigenvalue weighted by Crippen LogP contribution is -2.26. The lowest BCUT2D eigenvalue weighted by molar-refractivity contribution is 0.255. The first-order valence-electron chi connectivity index (χ1n) is 7.32. The summed E-state index contributed by atoms with van der Waals surface area (Å²) in [5.41, 5.74) is 11.2. The van der Waals surface area contributed by atoms with Crippen molar-refractivity contribution in [3.63, 3.8) is 0 Å². The lowest BCUT2D eigenvalue weighted by atomic mass is 9.82. The van der Waals surface area contributed by atoms with Gasteiger partial charge in [0.05, 0.1) is 6.61 Å². The van der Waals surface area contributed by atoms with Crippen molar-refractivity contribution in [1.29, 1.82) is 0 Å². The third-order valence-corrected chi connectivity index (χ3v) is 4.75. The van der Waals surface area contributed by atoms with Gasteiger partial charge >= 0.3 is 0 Å². The van der Waals surface area contributed by atoms with E-state index in [4.69, 9.17) is 22.1 Å². The Bertz CT molecular complexity index is 668. The standard InChI is InChI=1S/C18H20ClNO/c1-11-10-16(19)12(2)9-15(11)18(20)14-7-8-21-17-6-4-3-5-13(14)17/h3-6,9-10,14,18H,7-8,20H2,1-2H3. The van der Waals surface area contributed by atoms with Crippen LogP contribution in [0.5, 0.6) is 5.75 Å². The van der Waals surface area contributed by atoms with Crippen LogP contribution in [0.1, 0.15) is 40.6 Å². The largest absolute Gasteiger partial charge is 0.493 e. The molecule has 2 N–H and O–H groups in total. The van der Waals surface area contributed by atoms with Crippen molar-refractivity contribution < 1.29 is 4.74 Å². The molecule has 0 bridgehead atoms.